The lowest BCUT2D eigenvalue weighted by molar-refractivity contribution is -0.150. The van der Waals surface area contributed by atoms with E-state index in [9.17, 15) is 14.4 Å². The van der Waals surface area contributed by atoms with Gasteiger partial charge in [0.25, 0.3) is 0 Å². The summed E-state index contributed by atoms with van der Waals surface area (Å²) in [5.74, 6) is -1.76. The lowest BCUT2D eigenvalue weighted by atomic mass is 9.93. The summed E-state index contributed by atoms with van der Waals surface area (Å²) in [6, 6.07) is 0. The molecule has 1 aliphatic carbocycles. The molecule has 0 amide bonds. The van der Waals surface area contributed by atoms with E-state index in [2.05, 4.69) is 4.74 Å². The van der Waals surface area contributed by atoms with Gasteiger partial charge in [-0.25, -0.2) is 4.79 Å². The molecule has 0 fully saturated rings. The molecular formula is C11H11ClO5. The molecule has 92 valence electrons. The van der Waals surface area contributed by atoms with Gasteiger partial charge in [0, 0.05) is 18.3 Å². The molecule has 0 aromatic carbocycles. The second-order valence-electron chi connectivity index (χ2n) is 3.37. The zero-order valence-electron chi connectivity index (χ0n) is 9.57. The van der Waals surface area contributed by atoms with E-state index in [0.717, 1.165) is 6.08 Å². The number of methoxy groups -OCH3 is 2. The highest BCUT2D eigenvalue weighted by Crippen LogP contribution is 2.24. The van der Waals surface area contributed by atoms with Gasteiger partial charge < -0.3 is 9.47 Å². The maximum absolute atomic E-state index is 11.9. The van der Waals surface area contributed by atoms with E-state index >= 15 is 0 Å². The molecule has 0 unspecified atom stereocenters. The van der Waals surface area contributed by atoms with Crippen LogP contribution in [-0.2, 0) is 23.9 Å². The van der Waals surface area contributed by atoms with Crippen molar-refractivity contribution in [1.82, 2.24) is 0 Å². The number of ketones is 2. The Labute approximate surface area is 103 Å². The maximum atomic E-state index is 11.9. The zero-order valence-corrected chi connectivity index (χ0v) is 10.3. The minimum absolute atomic E-state index is 0.0637. The number of carbonyl (C=O) groups is 3. The van der Waals surface area contributed by atoms with Crippen LogP contribution < -0.4 is 0 Å². The van der Waals surface area contributed by atoms with Crippen LogP contribution in [0.1, 0.15) is 6.92 Å². The number of allylic oxidation sites excluding steroid dienone is 3. The molecule has 0 heterocycles. The van der Waals surface area contributed by atoms with Gasteiger partial charge in [-0.05, 0) is 13.0 Å². The van der Waals surface area contributed by atoms with Crippen molar-refractivity contribution in [3.8, 4) is 0 Å². The molecule has 0 bridgehead atoms. The van der Waals surface area contributed by atoms with Crippen LogP contribution in [0.4, 0.5) is 0 Å². The minimum atomic E-state index is -1.21. The second-order valence-corrected chi connectivity index (χ2v) is 3.75. The molecule has 0 aromatic rings. The minimum Gasteiger partial charge on any atom is -0.467 e. The topological polar surface area (TPSA) is 69.7 Å². The standard InChI is InChI=1S/C11H11ClO5/c1-5-8(12)7(13)4-6(9(5)14)10(16-2)11(15)17-3/h4,10H,1-3H3/t10-/m1/s1. The van der Waals surface area contributed by atoms with Crippen LogP contribution in [0, 0.1) is 0 Å². The van der Waals surface area contributed by atoms with Crippen molar-refractivity contribution in [3.63, 3.8) is 0 Å². The van der Waals surface area contributed by atoms with Crippen LogP contribution in [0.5, 0.6) is 0 Å². The number of esters is 1. The zero-order chi connectivity index (χ0) is 13.2. The van der Waals surface area contributed by atoms with Gasteiger partial charge in [-0.15, -0.1) is 0 Å². The fraction of sp³-hybridized carbons (Fsp3) is 0.364. The molecule has 6 heteroatoms. The SMILES string of the molecule is COC(=O)[C@H](OC)C1=CC(=O)C(Cl)=C(C)C1=O. The number of Topliss-reactive ketones (excluding diaryl/α,β-unsaturated/α-hetero) is 1. The monoisotopic (exact) mass is 258 g/mol. The van der Waals surface area contributed by atoms with Gasteiger partial charge >= 0.3 is 5.97 Å². The second kappa shape index (κ2) is 5.25. The summed E-state index contributed by atoms with van der Waals surface area (Å²) in [4.78, 5) is 34.7. The summed E-state index contributed by atoms with van der Waals surface area (Å²) in [5, 5.41) is -0.140. The van der Waals surface area contributed by atoms with Gasteiger partial charge in [0.2, 0.25) is 0 Å². The molecule has 0 saturated carbocycles. The number of carbonyl (C=O) groups excluding carboxylic acids is 3. The van der Waals surface area contributed by atoms with Crippen molar-refractivity contribution >= 4 is 29.1 Å². The van der Waals surface area contributed by atoms with Crippen molar-refractivity contribution in [2.45, 2.75) is 13.0 Å². The molecule has 1 atom stereocenters. The van der Waals surface area contributed by atoms with E-state index in [1.807, 2.05) is 0 Å². The summed E-state index contributed by atoms with van der Waals surface area (Å²) in [6.07, 6.45) is -0.209. The van der Waals surface area contributed by atoms with Crippen molar-refractivity contribution in [2.75, 3.05) is 14.2 Å². The highest BCUT2D eigenvalue weighted by molar-refractivity contribution is 6.48. The van der Waals surface area contributed by atoms with Crippen LogP contribution in [0.25, 0.3) is 0 Å². The van der Waals surface area contributed by atoms with E-state index in [-0.39, 0.29) is 16.2 Å². The van der Waals surface area contributed by atoms with Crippen molar-refractivity contribution in [2.24, 2.45) is 0 Å². The predicted octanol–water partition coefficient (Wildman–Crippen LogP) is 0.765. The summed E-state index contributed by atoms with van der Waals surface area (Å²) in [6.45, 7) is 1.42. The van der Waals surface area contributed by atoms with Crippen molar-refractivity contribution in [3.05, 3.63) is 22.3 Å². The first-order valence-electron chi connectivity index (χ1n) is 4.71. The Kier molecular flexibility index (Phi) is 4.20. The fourth-order valence-electron chi connectivity index (χ4n) is 1.42. The van der Waals surface area contributed by atoms with E-state index in [1.165, 1.54) is 21.1 Å². The Bertz CT molecular complexity index is 447. The molecule has 1 rings (SSSR count). The normalized spacial score (nSPS) is 18.0. The van der Waals surface area contributed by atoms with Crippen molar-refractivity contribution in [1.29, 1.82) is 0 Å². The molecular weight excluding hydrogens is 248 g/mol. The Morgan fingerprint density at radius 3 is 2.41 bits per heavy atom. The Morgan fingerprint density at radius 1 is 1.35 bits per heavy atom. The first kappa shape index (κ1) is 13.6. The number of rotatable bonds is 3. The third-order valence-corrected chi connectivity index (χ3v) is 2.84. The molecule has 0 saturated heterocycles. The highest BCUT2D eigenvalue weighted by Gasteiger charge is 2.34. The van der Waals surface area contributed by atoms with E-state index in [1.54, 1.807) is 0 Å². The van der Waals surface area contributed by atoms with Crippen LogP contribution in [0.2, 0.25) is 0 Å². The van der Waals surface area contributed by atoms with Gasteiger partial charge in [0.05, 0.1) is 12.1 Å². The summed E-state index contributed by atoms with van der Waals surface area (Å²) >= 11 is 5.65. The number of hydrogen-bond donors (Lipinski definition) is 0. The maximum Gasteiger partial charge on any atom is 0.339 e. The van der Waals surface area contributed by atoms with Gasteiger partial charge in [-0.1, -0.05) is 11.6 Å². The predicted molar refractivity (Wildman–Crippen MR) is 59.5 cm³/mol. The molecule has 0 spiro atoms. The van der Waals surface area contributed by atoms with Gasteiger partial charge in [-0.2, -0.15) is 0 Å². The van der Waals surface area contributed by atoms with Crippen LogP contribution >= 0.6 is 11.6 Å². The van der Waals surface area contributed by atoms with E-state index < -0.39 is 23.6 Å². The number of ether oxygens (including phenoxy) is 2. The number of halogens is 1. The molecule has 0 N–H and O–H groups in total. The van der Waals surface area contributed by atoms with Crippen LogP contribution in [0.15, 0.2) is 22.3 Å². The summed E-state index contributed by atoms with van der Waals surface area (Å²) in [7, 11) is 2.41. The molecule has 0 aliphatic heterocycles. The first-order valence-corrected chi connectivity index (χ1v) is 5.09. The van der Waals surface area contributed by atoms with Gasteiger partial charge in [0.1, 0.15) is 0 Å². The quantitative estimate of drug-likeness (QED) is 0.552. The first-order chi connectivity index (χ1) is 7.93. The third kappa shape index (κ3) is 2.45. The lowest BCUT2D eigenvalue weighted by Gasteiger charge is -2.19. The average Bonchev–Trinajstić information content (AvgIpc) is 2.33. The van der Waals surface area contributed by atoms with Crippen molar-refractivity contribution < 1.29 is 23.9 Å². The molecule has 5 nitrogen and oxygen atoms in total. The Balaban J connectivity index is 3.15. The Morgan fingerprint density at radius 2 is 1.94 bits per heavy atom. The molecule has 17 heavy (non-hydrogen) atoms. The summed E-state index contributed by atoms with van der Waals surface area (Å²) in [5.41, 5.74) is 0.0337. The van der Waals surface area contributed by atoms with Crippen LogP contribution in [0.3, 0.4) is 0 Å². The van der Waals surface area contributed by atoms with Gasteiger partial charge in [0.15, 0.2) is 17.7 Å². The molecule has 0 aromatic heterocycles. The molecule has 1 aliphatic rings. The summed E-state index contributed by atoms with van der Waals surface area (Å²) < 4.78 is 9.35. The molecule has 0 radical (unpaired) electrons. The van der Waals surface area contributed by atoms with Gasteiger partial charge in [-0.3, -0.25) is 9.59 Å². The van der Waals surface area contributed by atoms with E-state index in [4.69, 9.17) is 16.3 Å². The average molecular weight is 259 g/mol. The smallest absolute Gasteiger partial charge is 0.339 e. The van der Waals surface area contributed by atoms with Crippen LogP contribution in [-0.4, -0.2) is 37.9 Å². The van der Waals surface area contributed by atoms with E-state index in [0.29, 0.717) is 0 Å². The Hall–Kier alpha value is -1.46. The number of hydrogen-bond acceptors (Lipinski definition) is 5. The third-order valence-electron chi connectivity index (χ3n) is 2.37. The fourth-order valence-corrected chi connectivity index (χ4v) is 1.56. The highest BCUT2D eigenvalue weighted by atomic mass is 35.5. The lowest BCUT2D eigenvalue weighted by Crippen LogP contribution is -2.33. The largest absolute Gasteiger partial charge is 0.467 e.